The van der Waals surface area contributed by atoms with E-state index in [1.165, 1.54) is 6.07 Å². The summed E-state index contributed by atoms with van der Waals surface area (Å²) in [5, 5.41) is 12.7. The summed E-state index contributed by atoms with van der Waals surface area (Å²) < 4.78 is 25.3. The lowest BCUT2D eigenvalue weighted by Gasteiger charge is -2.34. The van der Waals surface area contributed by atoms with Crippen LogP contribution in [0.1, 0.15) is 17.3 Å². The van der Waals surface area contributed by atoms with Crippen LogP contribution in [0.2, 0.25) is 0 Å². The zero-order chi connectivity index (χ0) is 20.1. The molecule has 1 aromatic heterocycles. The Morgan fingerprint density at radius 1 is 1.10 bits per heavy atom. The summed E-state index contributed by atoms with van der Waals surface area (Å²) in [6, 6.07) is 18.5. The molecule has 148 valence electrons. The number of nitriles is 1. The highest BCUT2D eigenvalue weighted by Gasteiger charge is 2.24. The van der Waals surface area contributed by atoms with Crippen molar-refractivity contribution in [3.05, 3.63) is 71.7 Å². The summed E-state index contributed by atoms with van der Waals surface area (Å²) in [6.45, 7) is 3.54. The van der Waals surface area contributed by atoms with Crippen LogP contribution in [0.15, 0.2) is 59.0 Å². The van der Waals surface area contributed by atoms with Crippen molar-refractivity contribution in [2.75, 3.05) is 38.2 Å². The first-order valence-corrected chi connectivity index (χ1v) is 9.52. The second kappa shape index (κ2) is 8.86. The quantitative estimate of drug-likeness (QED) is 0.687. The van der Waals surface area contributed by atoms with Crippen molar-refractivity contribution in [1.82, 2.24) is 9.88 Å². The highest BCUT2D eigenvalue weighted by atomic mass is 19.1. The first-order valence-electron chi connectivity index (χ1n) is 9.52. The van der Waals surface area contributed by atoms with Crippen molar-refractivity contribution in [2.45, 2.75) is 6.04 Å². The van der Waals surface area contributed by atoms with Crippen LogP contribution < -0.4 is 5.32 Å². The molecule has 2 heterocycles. The number of benzene rings is 2. The summed E-state index contributed by atoms with van der Waals surface area (Å²) in [6.07, 6.45) is 0. The minimum Gasteiger partial charge on any atom is -0.419 e. The molecule has 1 aliphatic heterocycles. The van der Waals surface area contributed by atoms with Crippen LogP contribution in [-0.2, 0) is 4.74 Å². The number of anilines is 1. The van der Waals surface area contributed by atoms with E-state index < -0.39 is 5.82 Å². The molecule has 1 saturated heterocycles. The van der Waals surface area contributed by atoms with E-state index in [0.717, 1.165) is 18.7 Å². The van der Waals surface area contributed by atoms with Gasteiger partial charge in [0, 0.05) is 19.6 Å². The van der Waals surface area contributed by atoms with Crippen LogP contribution in [0.5, 0.6) is 0 Å². The molecule has 0 aliphatic carbocycles. The van der Waals surface area contributed by atoms with Gasteiger partial charge in [-0.25, -0.2) is 4.39 Å². The lowest BCUT2D eigenvalue weighted by atomic mass is 10.0. The van der Waals surface area contributed by atoms with E-state index in [1.807, 2.05) is 24.3 Å². The summed E-state index contributed by atoms with van der Waals surface area (Å²) in [4.78, 5) is 6.50. The van der Waals surface area contributed by atoms with Gasteiger partial charge in [-0.05, 0) is 17.7 Å². The number of hydrogen-bond acceptors (Lipinski definition) is 6. The number of oxazole rings is 1. The standard InChI is InChI=1S/C22H21FN4O2/c23-18-9-5-4-8-17(18)21-26-19(14-24)22(29-21)25-15-20(16-6-2-1-3-7-16)27-10-12-28-13-11-27/h1-9,20,25H,10-13,15H2. The van der Waals surface area contributed by atoms with Crippen molar-refractivity contribution in [3.63, 3.8) is 0 Å². The zero-order valence-corrected chi connectivity index (χ0v) is 15.8. The van der Waals surface area contributed by atoms with Gasteiger partial charge in [-0.3, -0.25) is 4.90 Å². The van der Waals surface area contributed by atoms with Gasteiger partial charge in [0.05, 0.1) is 24.8 Å². The van der Waals surface area contributed by atoms with Gasteiger partial charge in [-0.1, -0.05) is 42.5 Å². The fourth-order valence-corrected chi connectivity index (χ4v) is 3.48. The topological polar surface area (TPSA) is 74.3 Å². The monoisotopic (exact) mass is 392 g/mol. The molecule has 0 saturated carbocycles. The van der Waals surface area contributed by atoms with Gasteiger partial charge < -0.3 is 14.5 Å². The Morgan fingerprint density at radius 2 is 1.83 bits per heavy atom. The molecule has 1 fully saturated rings. The average Bonchev–Trinajstić information content (AvgIpc) is 3.19. The van der Waals surface area contributed by atoms with Gasteiger partial charge in [0.2, 0.25) is 17.5 Å². The molecule has 0 radical (unpaired) electrons. The van der Waals surface area contributed by atoms with Crippen LogP contribution in [0.3, 0.4) is 0 Å². The number of halogens is 1. The molecule has 1 aliphatic rings. The summed E-state index contributed by atoms with van der Waals surface area (Å²) in [5.74, 6) is -0.106. The zero-order valence-electron chi connectivity index (χ0n) is 15.8. The minimum absolute atomic E-state index is 0.0775. The largest absolute Gasteiger partial charge is 0.419 e. The Labute approximate surface area is 168 Å². The molecular formula is C22H21FN4O2. The predicted octanol–water partition coefficient (Wildman–Crippen LogP) is 3.84. The fourth-order valence-electron chi connectivity index (χ4n) is 3.48. The van der Waals surface area contributed by atoms with Crippen LogP contribution in [0, 0.1) is 17.1 Å². The lowest BCUT2D eigenvalue weighted by molar-refractivity contribution is 0.0186. The Balaban J connectivity index is 1.57. The number of morpholine rings is 1. The van der Waals surface area contributed by atoms with E-state index in [-0.39, 0.29) is 29.1 Å². The molecular weight excluding hydrogens is 371 g/mol. The van der Waals surface area contributed by atoms with Crippen LogP contribution >= 0.6 is 0 Å². The molecule has 7 heteroatoms. The third kappa shape index (κ3) is 4.29. The minimum atomic E-state index is -0.444. The number of hydrogen-bond donors (Lipinski definition) is 1. The third-order valence-corrected chi connectivity index (χ3v) is 4.96. The second-order valence-electron chi connectivity index (χ2n) is 6.74. The molecule has 2 aromatic carbocycles. The molecule has 0 amide bonds. The molecule has 6 nitrogen and oxygen atoms in total. The summed E-state index contributed by atoms with van der Waals surface area (Å²) in [5.41, 5.74) is 1.50. The van der Waals surface area contributed by atoms with Crippen molar-refractivity contribution in [1.29, 1.82) is 5.26 Å². The van der Waals surface area contributed by atoms with Crippen LogP contribution in [0.25, 0.3) is 11.5 Å². The van der Waals surface area contributed by atoms with E-state index in [4.69, 9.17) is 9.15 Å². The molecule has 1 unspecified atom stereocenters. The molecule has 3 aromatic rings. The van der Waals surface area contributed by atoms with Crippen molar-refractivity contribution >= 4 is 5.88 Å². The number of ether oxygens (including phenoxy) is 1. The molecule has 0 spiro atoms. The van der Waals surface area contributed by atoms with Crippen molar-refractivity contribution in [2.24, 2.45) is 0 Å². The SMILES string of the molecule is N#Cc1nc(-c2ccccc2F)oc1NCC(c1ccccc1)N1CCOCC1. The fraction of sp³-hybridized carbons (Fsp3) is 0.273. The van der Waals surface area contributed by atoms with E-state index in [9.17, 15) is 9.65 Å². The van der Waals surface area contributed by atoms with Gasteiger partial charge in [-0.15, -0.1) is 0 Å². The predicted molar refractivity (Wildman–Crippen MR) is 107 cm³/mol. The molecule has 4 rings (SSSR count). The molecule has 1 N–H and O–H groups in total. The van der Waals surface area contributed by atoms with E-state index in [0.29, 0.717) is 19.8 Å². The van der Waals surface area contributed by atoms with Gasteiger partial charge in [0.15, 0.2) is 0 Å². The Morgan fingerprint density at radius 3 is 2.55 bits per heavy atom. The number of nitrogens with zero attached hydrogens (tertiary/aromatic N) is 3. The lowest BCUT2D eigenvalue weighted by Crippen LogP contribution is -2.41. The second-order valence-corrected chi connectivity index (χ2v) is 6.74. The first kappa shape index (κ1) is 19.1. The molecule has 0 bridgehead atoms. The Hall–Kier alpha value is -3.21. The van der Waals surface area contributed by atoms with Gasteiger partial charge in [0.1, 0.15) is 11.9 Å². The maximum atomic E-state index is 14.1. The average molecular weight is 392 g/mol. The number of aromatic nitrogens is 1. The number of rotatable bonds is 6. The Kier molecular flexibility index (Phi) is 5.84. The van der Waals surface area contributed by atoms with Gasteiger partial charge in [-0.2, -0.15) is 10.2 Å². The van der Waals surface area contributed by atoms with E-state index in [2.05, 4.69) is 27.3 Å². The summed E-state index contributed by atoms with van der Waals surface area (Å²) in [7, 11) is 0. The van der Waals surface area contributed by atoms with Gasteiger partial charge >= 0.3 is 0 Å². The highest BCUT2D eigenvalue weighted by Crippen LogP contribution is 2.29. The van der Waals surface area contributed by atoms with Crippen LogP contribution in [0.4, 0.5) is 10.3 Å². The van der Waals surface area contributed by atoms with Gasteiger partial charge in [0.25, 0.3) is 0 Å². The van der Waals surface area contributed by atoms with E-state index in [1.54, 1.807) is 18.2 Å². The van der Waals surface area contributed by atoms with Crippen molar-refractivity contribution in [3.8, 4) is 17.5 Å². The van der Waals surface area contributed by atoms with Crippen LogP contribution in [-0.4, -0.2) is 42.7 Å². The molecule has 29 heavy (non-hydrogen) atoms. The maximum Gasteiger partial charge on any atom is 0.233 e. The van der Waals surface area contributed by atoms with Crippen molar-refractivity contribution < 1.29 is 13.5 Å². The third-order valence-electron chi connectivity index (χ3n) is 4.96. The molecule has 1 atom stereocenters. The summed E-state index contributed by atoms with van der Waals surface area (Å²) >= 11 is 0. The Bertz CT molecular complexity index is 994. The maximum absolute atomic E-state index is 14.1. The first-order chi connectivity index (χ1) is 14.3. The normalized spacial score (nSPS) is 15.6. The number of nitrogens with one attached hydrogen (secondary N) is 1. The highest BCUT2D eigenvalue weighted by molar-refractivity contribution is 5.59. The van der Waals surface area contributed by atoms with E-state index >= 15 is 0 Å². The smallest absolute Gasteiger partial charge is 0.233 e.